The van der Waals surface area contributed by atoms with Crippen LogP contribution in [0.4, 0.5) is 14.5 Å². The monoisotopic (exact) mass is 441 g/mol. The Morgan fingerprint density at radius 1 is 0.875 bits per heavy atom. The number of methoxy groups -OCH3 is 1. The molecule has 1 N–H and O–H groups in total. The Morgan fingerprint density at radius 3 is 2.09 bits per heavy atom. The smallest absolute Gasteiger partial charge is 0.387 e. The molecule has 1 amide bonds. The van der Waals surface area contributed by atoms with Crippen molar-refractivity contribution in [2.75, 3.05) is 12.4 Å². The zero-order valence-electron chi connectivity index (χ0n) is 17.2. The van der Waals surface area contributed by atoms with Crippen molar-refractivity contribution >= 4 is 17.6 Å². The fraction of sp³-hybridized carbons (Fsp3) is 0.167. The van der Waals surface area contributed by atoms with Crippen LogP contribution in [0.3, 0.4) is 0 Å². The van der Waals surface area contributed by atoms with Gasteiger partial charge in [-0.05, 0) is 42.0 Å². The summed E-state index contributed by atoms with van der Waals surface area (Å²) in [6.45, 7) is -2.93. The molecule has 1 unspecified atom stereocenters. The third-order valence-corrected chi connectivity index (χ3v) is 4.44. The molecule has 0 fully saturated rings. The van der Waals surface area contributed by atoms with Gasteiger partial charge in [-0.2, -0.15) is 8.78 Å². The third-order valence-electron chi connectivity index (χ3n) is 4.44. The number of nitrogens with one attached hydrogen (secondary N) is 1. The Hall–Kier alpha value is -3.94. The highest BCUT2D eigenvalue weighted by molar-refractivity contribution is 5.96. The molecule has 0 heterocycles. The van der Waals surface area contributed by atoms with Gasteiger partial charge in [-0.25, -0.2) is 0 Å². The molecule has 32 heavy (non-hydrogen) atoms. The predicted octanol–water partition coefficient (Wildman–Crippen LogP) is 4.76. The van der Waals surface area contributed by atoms with Gasteiger partial charge >= 0.3 is 12.6 Å². The molecule has 3 rings (SSSR count). The van der Waals surface area contributed by atoms with Crippen LogP contribution in [-0.2, 0) is 20.7 Å². The molecule has 0 saturated carbocycles. The predicted molar refractivity (Wildman–Crippen MR) is 114 cm³/mol. The van der Waals surface area contributed by atoms with Gasteiger partial charge in [0.2, 0.25) is 6.10 Å². The normalized spacial score (nSPS) is 11.5. The van der Waals surface area contributed by atoms with Crippen molar-refractivity contribution in [3.63, 3.8) is 0 Å². The van der Waals surface area contributed by atoms with Gasteiger partial charge in [0, 0.05) is 11.3 Å². The van der Waals surface area contributed by atoms with E-state index in [1.807, 2.05) is 0 Å². The quantitative estimate of drug-likeness (QED) is 0.485. The molecule has 0 saturated heterocycles. The zero-order valence-corrected chi connectivity index (χ0v) is 17.2. The van der Waals surface area contributed by atoms with E-state index in [4.69, 9.17) is 9.47 Å². The first-order chi connectivity index (χ1) is 15.4. The van der Waals surface area contributed by atoms with Gasteiger partial charge in [0.25, 0.3) is 5.91 Å². The minimum absolute atomic E-state index is 0.0156. The summed E-state index contributed by atoms with van der Waals surface area (Å²) >= 11 is 0. The Kier molecular flexibility index (Phi) is 7.75. The van der Waals surface area contributed by atoms with E-state index in [9.17, 15) is 18.4 Å². The van der Waals surface area contributed by atoms with Gasteiger partial charge in [0.05, 0.1) is 13.5 Å². The Labute approximate surface area is 183 Å². The van der Waals surface area contributed by atoms with Crippen molar-refractivity contribution in [2.24, 2.45) is 0 Å². The van der Waals surface area contributed by atoms with Crippen LogP contribution in [0.5, 0.6) is 11.5 Å². The van der Waals surface area contributed by atoms with Crippen LogP contribution in [0.2, 0.25) is 0 Å². The van der Waals surface area contributed by atoms with E-state index in [-0.39, 0.29) is 12.2 Å². The molecule has 0 bridgehead atoms. The van der Waals surface area contributed by atoms with Gasteiger partial charge in [-0.3, -0.25) is 9.59 Å². The molecule has 0 radical (unpaired) electrons. The van der Waals surface area contributed by atoms with E-state index in [2.05, 4.69) is 10.1 Å². The summed E-state index contributed by atoms with van der Waals surface area (Å²) in [5.41, 5.74) is 1.55. The molecule has 3 aromatic rings. The van der Waals surface area contributed by atoms with E-state index in [0.717, 1.165) is 0 Å². The number of carbonyl (C=O) groups excluding carboxylic acids is 2. The summed E-state index contributed by atoms with van der Waals surface area (Å²) in [7, 11) is 1.54. The summed E-state index contributed by atoms with van der Waals surface area (Å²) in [6, 6.07) is 21.0. The Morgan fingerprint density at radius 2 is 1.50 bits per heavy atom. The number of alkyl halides is 2. The number of esters is 1. The molecule has 8 heteroatoms. The van der Waals surface area contributed by atoms with E-state index < -0.39 is 24.6 Å². The summed E-state index contributed by atoms with van der Waals surface area (Å²) < 4.78 is 39.4. The molecule has 0 aliphatic rings. The number of rotatable bonds is 9. The molecular weight excluding hydrogens is 420 g/mol. The molecule has 166 valence electrons. The van der Waals surface area contributed by atoms with Crippen molar-refractivity contribution in [3.8, 4) is 11.5 Å². The van der Waals surface area contributed by atoms with Crippen LogP contribution in [0.15, 0.2) is 78.9 Å². The lowest BCUT2D eigenvalue weighted by Gasteiger charge is -2.18. The van der Waals surface area contributed by atoms with Gasteiger partial charge in [-0.1, -0.05) is 42.5 Å². The SMILES string of the molecule is COc1ccc(NC(=O)C(OC(=O)Cc2ccc(OC(F)F)cc2)c2ccccc2)cc1. The molecular formula is C24H21F2NO5. The molecule has 0 aliphatic carbocycles. The Balaban J connectivity index is 1.69. The number of halogens is 2. The highest BCUT2D eigenvalue weighted by Gasteiger charge is 2.25. The molecule has 3 aromatic carbocycles. The number of ether oxygens (including phenoxy) is 3. The van der Waals surface area contributed by atoms with Gasteiger partial charge in [0.1, 0.15) is 11.5 Å². The van der Waals surface area contributed by atoms with E-state index in [1.165, 1.54) is 31.4 Å². The average Bonchev–Trinajstić information content (AvgIpc) is 2.79. The van der Waals surface area contributed by atoms with E-state index in [1.54, 1.807) is 54.6 Å². The number of carbonyl (C=O) groups is 2. The van der Waals surface area contributed by atoms with Crippen LogP contribution in [0.1, 0.15) is 17.2 Å². The topological polar surface area (TPSA) is 73.9 Å². The van der Waals surface area contributed by atoms with Crippen LogP contribution in [-0.4, -0.2) is 25.6 Å². The van der Waals surface area contributed by atoms with Crippen LogP contribution in [0, 0.1) is 0 Å². The molecule has 1 atom stereocenters. The second-order valence-corrected chi connectivity index (χ2v) is 6.70. The lowest BCUT2D eigenvalue weighted by Crippen LogP contribution is -2.26. The maximum atomic E-state index is 12.9. The average molecular weight is 441 g/mol. The summed E-state index contributed by atoms with van der Waals surface area (Å²) in [4.78, 5) is 25.4. The van der Waals surface area contributed by atoms with E-state index >= 15 is 0 Å². The molecule has 0 spiro atoms. The highest BCUT2D eigenvalue weighted by atomic mass is 19.3. The first-order valence-electron chi connectivity index (χ1n) is 9.67. The second-order valence-electron chi connectivity index (χ2n) is 6.70. The van der Waals surface area contributed by atoms with Crippen molar-refractivity contribution < 1.29 is 32.6 Å². The minimum Gasteiger partial charge on any atom is -0.497 e. The van der Waals surface area contributed by atoms with Crippen molar-refractivity contribution in [1.82, 2.24) is 0 Å². The standard InChI is InChI=1S/C24H21F2NO5/c1-30-19-13-9-18(10-14-19)27-23(29)22(17-5-3-2-4-6-17)32-21(28)15-16-7-11-20(12-8-16)31-24(25)26/h2-14,22,24H,15H2,1H3,(H,27,29). The van der Waals surface area contributed by atoms with E-state index in [0.29, 0.717) is 22.6 Å². The fourth-order valence-electron chi connectivity index (χ4n) is 2.91. The van der Waals surface area contributed by atoms with Gasteiger partial charge < -0.3 is 19.5 Å². The summed E-state index contributed by atoms with van der Waals surface area (Å²) in [6.07, 6.45) is -1.32. The number of hydrogen-bond donors (Lipinski definition) is 1. The largest absolute Gasteiger partial charge is 0.497 e. The first kappa shape index (κ1) is 22.7. The second kappa shape index (κ2) is 10.9. The maximum Gasteiger partial charge on any atom is 0.387 e. The van der Waals surface area contributed by atoms with Crippen molar-refractivity contribution in [1.29, 1.82) is 0 Å². The van der Waals surface area contributed by atoms with Gasteiger partial charge in [0.15, 0.2) is 0 Å². The molecule has 6 nitrogen and oxygen atoms in total. The number of benzene rings is 3. The Bertz CT molecular complexity index is 1020. The zero-order chi connectivity index (χ0) is 22.9. The van der Waals surface area contributed by atoms with Crippen molar-refractivity contribution in [2.45, 2.75) is 19.1 Å². The van der Waals surface area contributed by atoms with Crippen LogP contribution >= 0.6 is 0 Å². The highest BCUT2D eigenvalue weighted by Crippen LogP contribution is 2.23. The fourth-order valence-corrected chi connectivity index (χ4v) is 2.91. The van der Waals surface area contributed by atoms with Crippen LogP contribution in [0.25, 0.3) is 0 Å². The van der Waals surface area contributed by atoms with Gasteiger partial charge in [-0.15, -0.1) is 0 Å². The van der Waals surface area contributed by atoms with Crippen LogP contribution < -0.4 is 14.8 Å². The number of amides is 1. The first-order valence-corrected chi connectivity index (χ1v) is 9.67. The molecule has 0 aromatic heterocycles. The summed E-state index contributed by atoms with van der Waals surface area (Å²) in [5.74, 6) is -0.543. The molecule has 0 aliphatic heterocycles. The minimum atomic E-state index is -2.93. The lowest BCUT2D eigenvalue weighted by molar-refractivity contribution is -0.154. The summed E-state index contributed by atoms with van der Waals surface area (Å²) in [5, 5.41) is 2.73. The maximum absolute atomic E-state index is 12.9. The number of hydrogen-bond acceptors (Lipinski definition) is 5. The number of anilines is 1. The van der Waals surface area contributed by atoms with Crippen molar-refractivity contribution in [3.05, 3.63) is 90.0 Å². The third kappa shape index (κ3) is 6.53. The lowest BCUT2D eigenvalue weighted by atomic mass is 10.1.